The van der Waals surface area contributed by atoms with Gasteiger partial charge in [0.1, 0.15) is 4.21 Å². The zero-order valence-electron chi connectivity index (χ0n) is 14.6. The molecular formula is C19H19N3O3S2. The van der Waals surface area contributed by atoms with E-state index < -0.39 is 10.0 Å². The summed E-state index contributed by atoms with van der Waals surface area (Å²) in [6.07, 6.45) is 4.95. The predicted molar refractivity (Wildman–Crippen MR) is 102 cm³/mol. The molecule has 6 nitrogen and oxygen atoms in total. The number of fused-ring (bicyclic) bond motifs is 1. The highest BCUT2D eigenvalue weighted by Crippen LogP contribution is 2.41. The van der Waals surface area contributed by atoms with Gasteiger partial charge in [0, 0.05) is 12.0 Å². The van der Waals surface area contributed by atoms with Crippen molar-refractivity contribution in [1.82, 2.24) is 14.9 Å². The van der Waals surface area contributed by atoms with E-state index in [2.05, 4.69) is 21.0 Å². The van der Waals surface area contributed by atoms with E-state index in [-0.39, 0.29) is 10.3 Å². The van der Waals surface area contributed by atoms with E-state index >= 15 is 0 Å². The minimum Gasteiger partial charge on any atom is -0.420 e. The second-order valence-corrected chi connectivity index (χ2v) is 10.1. The highest BCUT2D eigenvalue weighted by Gasteiger charge is 2.30. The summed E-state index contributed by atoms with van der Waals surface area (Å²) < 4.78 is 34.7. The van der Waals surface area contributed by atoms with Crippen LogP contribution in [0.2, 0.25) is 0 Å². The van der Waals surface area contributed by atoms with Crippen LogP contribution >= 0.6 is 11.3 Å². The van der Waals surface area contributed by atoms with Gasteiger partial charge in [-0.25, -0.2) is 13.1 Å². The molecule has 2 aliphatic carbocycles. The van der Waals surface area contributed by atoms with Crippen LogP contribution in [0.3, 0.4) is 0 Å². The maximum Gasteiger partial charge on any atom is 0.257 e. The van der Waals surface area contributed by atoms with Crippen molar-refractivity contribution in [2.45, 2.75) is 48.3 Å². The molecule has 1 aromatic carbocycles. The zero-order valence-corrected chi connectivity index (χ0v) is 16.2. The molecule has 1 unspecified atom stereocenters. The Bertz CT molecular complexity index is 1080. The molecule has 1 saturated carbocycles. The van der Waals surface area contributed by atoms with Crippen LogP contribution < -0.4 is 4.72 Å². The summed E-state index contributed by atoms with van der Waals surface area (Å²) in [7, 11) is -3.61. The second-order valence-electron chi connectivity index (χ2n) is 7.10. The van der Waals surface area contributed by atoms with Gasteiger partial charge in [-0.3, -0.25) is 0 Å². The standard InChI is InChI=1S/C19H19N3O3S2/c23-27(24,22-15-7-3-5-12-4-1-2-6-14(12)15)17-11-10-16(26-17)19-21-20-18(25-19)13-8-9-13/h1-2,4,6,10-11,13,15,22H,3,5,7-9H2. The fourth-order valence-corrected chi connectivity index (χ4v) is 6.02. The van der Waals surface area contributed by atoms with Crippen molar-refractivity contribution >= 4 is 21.4 Å². The SMILES string of the molecule is O=S(=O)(NC1CCCc2ccccc21)c1ccc(-c2nnc(C3CC3)o2)s1. The topological polar surface area (TPSA) is 85.1 Å². The number of hydrogen-bond donors (Lipinski definition) is 1. The molecule has 2 aliphatic rings. The average Bonchev–Trinajstić information content (AvgIpc) is 3.19. The first-order valence-corrected chi connectivity index (χ1v) is 11.4. The largest absolute Gasteiger partial charge is 0.420 e. The third-order valence-corrected chi connectivity index (χ3v) is 8.13. The number of aryl methyl sites for hydroxylation is 1. The minimum atomic E-state index is -3.61. The second kappa shape index (κ2) is 6.54. The highest BCUT2D eigenvalue weighted by atomic mass is 32.2. The van der Waals surface area contributed by atoms with Crippen LogP contribution in [0.25, 0.3) is 10.8 Å². The van der Waals surface area contributed by atoms with Crippen molar-refractivity contribution in [2.75, 3.05) is 0 Å². The van der Waals surface area contributed by atoms with Gasteiger partial charge in [-0.2, -0.15) is 0 Å². The Balaban J connectivity index is 1.39. The van der Waals surface area contributed by atoms with Crippen LogP contribution in [-0.4, -0.2) is 18.6 Å². The molecule has 27 heavy (non-hydrogen) atoms. The lowest BCUT2D eigenvalue weighted by Crippen LogP contribution is -2.30. The van der Waals surface area contributed by atoms with Crippen molar-refractivity contribution in [2.24, 2.45) is 0 Å². The van der Waals surface area contributed by atoms with Gasteiger partial charge >= 0.3 is 0 Å². The van der Waals surface area contributed by atoms with Crippen molar-refractivity contribution in [1.29, 1.82) is 0 Å². The fourth-order valence-electron chi connectivity index (χ4n) is 3.53. The van der Waals surface area contributed by atoms with Crippen LogP contribution in [0.1, 0.15) is 54.7 Å². The van der Waals surface area contributed by atoms with Crippen LogP contribution in [0.5, 0.6) is 0 Å². The van der Waals surface area contributed by atoms with E-state index in [0.717, 1.165) is 49.0 Å². The number of sulfonamides is 1. The number of rotatable bonds is 5. The summed E-state index contributed by atoms with van der Waals surface area (Å²) in [5.41, 5.74) is 2.30. The fraction of sp³-hybridized carbons (Fsp3) is 0.368. The van der Waals surface area contributed by atoms with Gasteiger partial charge in [-0.1, -0.05) is 24.3 Å². The van der Waals surface area contributed by atoms with Crippen LogP contribution in [-0.2, 0) is 16.4 Å². The number of hydrogen-bond acceptors (Lipinski definition) is 6. The highest BCUT2D eigenvalue weighted by molar-refractivity contribution is 7.91. The monoisotopic (exact) mass is 401 g/mol. The Morgan fingerprint density at radius 3 is 2.78 bits per heavy atom. The Morgan fingerprint density at radius 2 is 1.93 bits per heavy atom. The molecular weight excluding hydrogens is 382 g/mol. The lowest BCUT2D eigenvalue weighted by atomic mass is 9.88. The van der Waals surface area contributed by atoms with E-state index in [1.807, 2.05) is 18.2 Å². The summed E-state index contributed by atoms with van der Waals surface area (Å²) in [5, 5.41) is 8.14. The first-order chi connectivity index (χ1) is 13.1. The Kier molecular flexibility index (Phi) is 4.14. The third kappa shape index (κ3) is 3.33. The molecule has 0 amide bonds. The molecule has 0 saturated heterocycles. The molecule has 5 rings (SSSR count). The number of nitrogens with zero attached hydrogens (tertiary/aromatic N) is 2. The van der Waals surface area contributed by atoms with Crippen molar-refractivity contribution in [3.63, 3.8) is 0 Å². The van der Waals surface area contributed by atoms with Gasteiger partial charge in [0.2, 0.25) is 5.89 Å². The van der Waals surface area contributed by atoms with Gasteiger partial charge in [-0.05, 0) is 55.4 Å². The normalized spacial score (nSPS) is 19.8. The molecule has 2 heterocycles. The number of aromatic nitrogens is 2. The van der Waals surface area contributed by atoms with Gasteiger partial charge in [0.25, 0.3) is 15.9 Å². The molecule has 3 aromatic rings. The van der Waals surface area contributed by atoms with Crippen molar-refractivity contribution in [3.8, 4) is 10.8 Å². The first-order valence-electron chi connectivity index (χ1n) is 9.14. The van der Waals surface area contributed by atoms with Crippen molar-refractivity contribution < 1.29 is 12.8 Å². The maximum absolute atomic E-state index is 12.9. The molecule has 0 spiro atoms. The summed E-state index contributed by atoms with van der Waals surface area (Å²) in [6.45, 7) is 0. The van der Waals surface area contributed by atoms with E-state index in [4.69, 9.17) is 4.42 Å². The quantitative estimate of drug-likeness (QED) is 0.698. The maximum atomic E-state index is 12.9. The van der Waals surface area contributed by atoms with E-state index in [0.29, 0.717) is 22.6 Å². The molecule has 1 N–H and O–H groups in total. The lowest BCUT2D eigenvalue weighted by Gasteiger charge is -2.25. The van der Waals surface area contributed by atoms with Crippen LogP contribution in [0.15, 0.2) is 45.0 Å². The zero-order chi connectivity index (χ0) is 18.4. The van der Waals surface area contributed by atoms with Gasteiger partial charge in [-0.15, -0.1) is 21.5 Å². The molecule has 0 aliphatic heterocycles. The Hall–Kier alpha value is -2.03. The molecule has 0 bridgehead atoms. The van der Waals surface area contributed by atoms with Crippen molar-refractivity contribution in [3.05, 3.63) is 53.4 Å². The minimum absolute atomic E-state index is 0.185. The van der Waals surface area contributed by atoms with Gasteiger partial charge < -0.3 is 4.42 Å². The van der Waals surface area contributed by atoms with E-state index in [9.17, 15) is 8.42 Å². The van der Waals surface area contributed by atoms with E-state index in [1.165, 1.54) is 5.56 Å². The van der Waals surface area contributed by atoms with Crippen LogP contribution in [0.4, 0.5) is 0 Å². The van der Waals surface area contributed by atoms with Gasteiger partial charge in [0.15, 0.2) is 0 Å². The summed E-state index contributed by atoms with van der Waals surface area (Å²) in [4.78, 5) is 0.679. The molecule has 8 heteroatoms. The van der Waals surface area contributed by atoms with Gasteiger partial charge in [0.05, 0.1) is 4.88 Å². The number of thiophene rings is 1. The lowest BCUT2D eigenvalue weighted by molar-refractivity contribution is 0.508. The molecule has 2 aromatic heterocycles. The molecule has 1 atom stereocenters. The molecule has 0 radical (unpaired) electrons. The summed E-state index contributed by atoms with van der Waals surface area (Å²) in [6, 6.07) is 11.2. The predicted octanol–water partition coefficient (Wildman–Crippen LogP) is 4.03. The molecule has 140 valence electrons. The smallest absolute Gasteiger partial charge is 0.257 e. The number of nitrogens with one attached hydrogen (secondary N) is 1. The third-order valence-electron chi connectivity index (χ3n) is 5.09. The van der Waals surface area contributed by atoms with Crippen LogP contribution in [0, 0.1) is 0 Å². The van der Waals surface area contributed by atoms with E-state index in [1.54, 1.807) is 12.1 Å². The summed E-state index contributed by atoms with van der Waals surface area (Å²) >= 11 is 1.16. The Morgan fingerprint density at radius 1 is 1.07 bits per heavy atom. The summed E-state index contributed by atoms with van der Waals surface area (Å²) in [5.74, 6) is 1.42. The Labute approximate surface area is 161 Å². The average molecular weight is 402 g/mol. The molecule has 1 fully saturated rings. The first kappa shape index (κ1) is 17.1. The number of benzene rings is 1.